The van der Waals surface area contributed by atoms with Gasteiger partial charge in [-0.05, 0) is 51.3 Å². The van der Waals surface area contributed by atoms with Crippen LogP contribution in [0.2, 0.25) is 0 Å². The number of aromatic nitrogens is 1. The Kier molecular flexibility index (Phi) is 11.7. The van der Waals surface area contributed by atoms with E-state index in [0.29, 0.717) is 36.9 Å². The molecule has 0 unspecified atom stereocenters. The molecule has 1 fully saturated rings. The smallest absolute Gasteiger partial charge is 0.224 e. The number of nitrogens with one attached hydrogen (secondary N) is 2. The van der Waals surface area contributed by atoms with Crippen LogP contribution >= 0.6 is 24.0 Å². The highest BCUT2D eigenvalue weighted by molar-refractivity contribution is 14.0. The number of likely N-dealkylation sites (tertiary alicyclic amines) is 1. The predicted molar refractivity (Wildman–Crippen MR) is 145 cm³/mol. The van der Waals surface area contributed by atoms with Crippen molar-refractivity contribution in [1.82, 2.24) is 20.5 Å². The standard InChI is InChI=1S/C25H37N5O2.HI/c1-5-17-31-22-10-6-7-11-23(22)32-24-20(9-8-14-27-24)18-28-25(26-4)29-21-12-15-30(16-13-21)19(2)3;/h6-11,14,19,21H,5,12-13,15-18H2,1-4H3,(H2,26,28,29);1H. The van der Waals surface area contributed by atoms with Crippen LogP contribution in [0.5, 0.6) is 17.4 Å². The zero-order valence-corrected chi connectivity index (χ0v) is 22.5. The zero-order valence-electron chi connectivity index (χ0n) is 20.2. The van der Waals surface area contributed by atoms with Gasteiger partial charge in [-0.2, -0.15) is 0 Å². The second-order valence-corrected chi connectivity index (χ2v) is 8.34. The first-order valence-corrected chi connectivity index (χ1v) is 11.7. The summed E-state index contributed by atoms with van der Waals surface area (Å²) in [5.41, 5.74) is 0.954. The molecule has 0 atom stereocenters. The summed E-state index contributed by atoms with van der Waals surface area (Å²) in [7, 11) is 1.81. The van der Waals surface area contributed by atoms with Gasteiger partial charge in [0.1, 0.15) is 0 Å². The summed E-state index contributed by atoms with van der Waals surface area (Å²) >= 11 is 0. The number of ether oxygens (including phenoxy) is 2. The highest BCUT2D eigenvalue weighted by Gasteiger charge is 2.21. The molecule has 1 aliphatic heterocycles. The minimum Gasteiger partial charge on any atom is -0.490 e. The first-order chi connectivity index (χ1) is 15.6. The molecule has 0 saturated carbocycles. The second kappa shape index (κ2) is 14.2. The Labute approximate surface area is 215 Å². The molecule has 7 nitrogen and oxygen atoms in total. The van der Waals surface area contributed by atoms with Crippen molar-refractivity contribution in [3.63, 3.8) is 0 Å². The molecule has 8 heteroatoms. The van der Waals surface area contributed by atoms with E-state index < -0.39 is 0 Å². The summed E-state index contributed by atoms with van der Waals surface area (Å²) in [6.07, 6.45) is 4.92. The largest absolute Gasteiger partial charge is 0.490 e. The summed E-state index contributed by atoms with van der Waals surface area (Å²) in [6.45, 7) is 10.0. The van der Waals surface area contributed by atoms with Gasteiger partial charge in [0.25, 0.3) is 0 Å². The summed E-state index contributed by atoms with van der Waals surface area (Å²) in [6, 6.07) is 12.7. The van der Waals surface area contributed by atoms with Crippen LogP contribution in [0, 0.1) is 0 Å². The topological polar surface area (TPSA) is 71.0 Å². The van der Waals surface area contributed by atoms with E-state index >= 15 is 0 Å². The molecule has 0 spiro atoms. The Bertz CT molecular complexity index is 869. The first kappa shape index (κ1) is 27.2. The average molecular weight is 568 g/mol. The number of halogens is 1. The van der Waals surface area contributed by atoms with Crippen molar-refractivity contribution in [2.75, 3.05) is 26.7 Å². The van der Waals surface area contributed by atoms with Crippen molar-refractivity contribution >= 4 is 29.9 Å². The molecule has 3 rings (SSSR count). The number of nitrogens with zero attached hydrogens (tertiary/aromatic N) is 3. The van der Waals surface area contributed by atoms with E-state index in [9.17, 15) is 0 Å². The van der Waals surface area contributed by atoms with E-state index in [2.05, 4.69) is 46.3 Å². The van der Waals surface area contributed by atoms with Gasteiger partial charge in [0.15, 0.2) is 17.5 Å². The lowest BCUT2D eigenvalue weighted by molar-refractivity contribution is 0.167. The third kappa shape index (κ3) is 8.33. The van der Waals surface area contributed by atoms with Gasteiger partial charge in [-0.15, -0.1) is 24.0 Å². The molecule has 0 radical (unpaired) electrons. The number of aliphatic imine (C=N–C) groups is 1. The molecule has 2 N–H and O–H groups in total. The van der Waals surface area contributed by atoms with Crippen LogP contribution in [0.25, 0.3) is 0 Å². The van der Waals surface area contributed by atoms with Crippen LogP contribution in [-0.4, -0.2) is 54.7 Å². The van der Waals surface area contributed by atoms with E-state index in [1.165, 1.54) is 0 Å². The molecule has 2 aromatic rings. The van der Waals surface area contributed by atoms with Crippen molar-refractivity contribution in [2.24, 2.45) is 4.99 Å². The fraction of sp³-hybridized carbons (Fsp3) is 0.520. The number of para-hydroxylation sites is 2. The van der Waals surface area contributed by atoms with Gasteiger partial charge < -0.3 is 25.0 Å². The predicted octanol–water partition coefficient (Wildman–Crippen LogP) is 4.82. The van der Waals surface area contributed by atoms with E-state index in [1.807, 2.05) is 36.4 Å². The van der Waals surface area contributed by atoms with E-state index in [-0.39, 0.29) is 24.0 Å². The maximum Gasteiger partial charge on any atom is 0.224 e. The number of benzene rings is 1. The minimum atomic E-state index is 0. The Morgan fingerprint density at radius 2 is 1.88 bits per heavy atom. The van der Waals surface area contributed by atoms with Gasteiger partial charge in [-0.1, -0.05) is 25.1 Å². The molecule has 1 aromatic carbocycles. The average Bonchev–Trinajstić information content (AvgIpc) is 2.82. The Morgan fingerprint density at radius 1 is 1.15 bits per heavy atom. The van der Waals surface area contributed by atoms with Gasteiger partial charge in [0.2, 0.25) is 5.88 Å². The maximum absolute atomic E-state index is 6.15. The van der Waals surface area contributed by atoms with E-state index in [1.54, 1.807) is 13.2 Å². The lowest BCUT2D eigenvalue weighted by Crippen LogP contribution is -2.49. The third-order valence-electron chi connectivity index (χ3n) is 5.64. The quantitative estimate of drug-likeness (QED) is 0.257. The Balaban J connectivity index is 0.00000385. The molecule has 2 heterocycles. The van der Waals surface area contributed by atoms with Gasteiger partial charge >= 0.3 is 0 Å². The second-order valence-electron chi connectivity index (χ2n) is 8.34. The van der Waals surface area contributed by atoms with Gasteiger partial charge in [-0.3, -0.25) is 4.99 Å². The number of hydrogen-bond donors (Lipinski definition) is 2. The number of guanidine groups is 1. The summed E-state index contributed by atoms with van der Waals surface area (Å²) < 4.78 is 12.0. The summed E-state index contributed by atoms with van der Waals surface area (Å²) in [5, 5.41) is 6.98. The molecule has 0 bridgehead atoms. The molecule has 1 aromatic heterocycles. The molecular formula is C25H38IN5O2. The Hall–Kier alpha value is -2.07. The fourth-order valence-corrected chi connectivity index (χ4v) is 3.75. The van der Waals surface area contributed by atoms with Crippen LogP contribution < -0.4 is 20.1 Å². The van der Waals surface area contributed by atoms with Crippen molar-refractivity contribution in [3.8, 4) is 17.4 Å². The highest BCUT2D eigenvalue weighted by atomic mass is 127. The van der Waals surface area contributed by atoms with Crippen molar-refractivity contribution < 1.29 is 9.47 Å². The van der Waals surface area contributed by atoms with Gasteiger partial charge in [-0.25, -0.2) is 4.98 Å². The van der Waals surface area contributed by atoms with Crippen LogP contribution in [0.1, 0.15) is 45.6 Å². The highest BCUT2D eigenvalue weighted by Crippen LogP contribution is 2.31. The minimum absolute atomic E-state index is 0. The fourth-order valence-electron chi connectivity index (χ4n) is 3.75. The normalized spacial score (nSPS) is 15.1. The maximum atomic E-state index is 6.15. The van der Waals surface area contributed by atoms with Crippen molar-refractivity contribution in [2.45, 2.75) is 58.7 Å². The van der Waals surface area contributed by atoms with Crippen LogP contribution in [0.3, 0.4) is 0 Å². The molecule has 1 saturated heterocycles. The summed E-state index contributed by atoms with van der Waals surface area (Å²) in [5.74, 6) is 2.76. The zero-order chi connectivity index (χ0) is 22.8. The Morgan fingerprint density at radius 3 is 2.55 bits per heavy atom. The monoisotopic (exact) mass is 567 g/mol. The number of piperidine rings is 1. The van der Waals surface area contributed by atoms with E-state index in [4.69, 9.17) is 9.47 Å². The van der Waals surface area contributed by atoms with Gasteiger partial charge in [0.05, 0.1) is 6.61 Å². The molecule has 0 amide bonds. The lowest BCUT2D eigenvalue weighted by atomic mass is 10.0. The molecule has 1 aliphatic rings. The van der Waals surface area contributed by atoms with Crippen LogP contribution in [0.4, 0.5) is 0 Å². The number of rotatable bonds is 9. The van der Waals surface area contributed by atoms with Crippen LogP contribution in [0.15, 0.2) is 47.6 Å². The molecule has 0 aliphatic carbocycles. The summed E-state index contributed by atoms with van der Waals surface area (Å²) in [4.78, 5) is 11.4. The van der Waals surface area contributed by atoms with Gasteiger partial charge in [0, 0.05) is 50.5 Å². The van der Waals surface area contributed by atoms with Crippen molar-refractivity contribution in [1.29, 1.82) is 0 Å². The third-order valence-corrected chi connectivity index (χ3v) is 5.64. The van der Waals surface area contributed by atoms with E-state index in [0.717, 1.165) is 49.6 Å². The molecule has 182 valence electrons. The van der Waals surface area contributed by atoms with Crippen molar-refractivity contribution in [3.05, 3.63) is 48.2 Å². The first-order valence-electron chi connectivity index (χ1n) is 11.7. The SMILES string of the molecule is CCCOc1ccccc1Oc1ncccc1CNC(=NC)NC1CCN(C(C)C)CC1.I. The lowest BCUT2D eigenvalue weighted by Gasteiger charge is -2.35. The molecule has 33 heavy (non-hydrogen) atoms. The number of hydrogen-bond acceptors (Lipinski definition) is 5. The van der Waals surface area contributed by atoms with Crippen LogP contribution in [-0.2, 0) is 6.54 Å². The number of pyridine rings is 1. The molecular weight excluding hydrogens is 529 g/mol.